The van der Waals surface area contributed by atoms with Gasteiger partial charge in [0.05, 0.1) is 6.07 Å². The SMILES string of the molecule is Cc1cc(OC(c2ccccc2)c2ccccc2)cc(=O)o1. The molecule has 0 aliphatic heterocycles. The molecule has 0 saturated carbocycles. The molecule has 0 aliphatic rings. The highest BCUT2D eigenvalue weighted by Crippen LogP contribution is 2.28. The van der Waals surface area contributed by atoms with Gasteiger partial charge in [0.2, 0.25) is 0 Å². The van der Waals surface area contributed by atoms with Crippen LogP contribution in [0, 0.1) is 6.92 Å². The minimum atomic E-state index is -0.408. The quantitative estimate of drug-likeness (QED) is 0.726. The molecular formula is C19H16O3. The molecule has 3 nitrogen and oxygen atoms in total. The number of ether oxygens (including phenoxy) is 1. The van der Waals surface area contributed by atoms with Gasteiger partial charge in [-0.2, -0.15) is 0 Å². The summed E-state index contributed by atoms with van der Waals surface area (Å²) in [7, 11) is 0. The van der Waals surface area contributed by atoms with E-state index in [0.717, 1.165) is 11.1 Å². The Bertz CT molecular complexity index is 752. The molecule has 0 fully saturated rings. The van der Waals surface area contributed by atoms with Crippen LogP contribution in [0.2, 0.25) is 0 Å². The summed E-state index contributed by atoms with van der Waals surface area (Å²) in [6, 6.07) is 22.9. The van der Waals surface area contributed by atoms with Crippen molar-refractivity contribution in [3.05, 3.63) is 100 Å². The number of hydrogen-bond donors (Lipinski definition) is 0. The molecule has 3 aromatic rings. The van der Waals surface area contributed by atoms with Crippen molar-refractivity contribution in [2.75, 3.05) is 0 Å². The summed E-state index contributed by atoms with van der Waals surface area (Å²) in [4.78, 5) is 11.5. The largest absolute Gasteiger partial charge is 0.481 e. The minimum Gasteiger partial charge on any atom is -0.481 e. The topological polar surface area (TPSA) is 39.4 Å². The molecule has 3 rings (SSSR count). The first kappa shape index (κ1) is 14.1. The molecule has 0 bridgehead atoms. The molecule has 1 aromatic heterocycles. The van der Waals surface area contributed by atoms with E-state index in [1.165, 1.54) is 6.07 Å². The van der Waals surface area contributed by atoms with Gasteiger partial charge < -0.3 is 9.15 Å². The van der Waals surface area contributed by atoms with Gasteiger partial charge in [-0.1, -0.05) is 60.7 Å². The highest BCUT2D eigenvalue weighted by molar-refractivity contribution is 5.32. The third-order valence-corrected chi connectivity index (χ3v) is 3.33. The Hall–Kier alpha value is -2.81. The van der Waals surface area contributed by atoms with Crippen molar-refractivity contribution in [1.82, 2.24) is 0 Å². The maximum atomic E-state index is 11.5. The van der Waals surface area contributed by atoms with Crippen LogP contribution in [-0.2, 0) is 0 Å². The second-order valence-electron chi connectivity index (χ2n) is 5.04. The van der Waals surface area contributed by atoms with Crippen LogP contribution in [0.25, 0.3) is 0 Å². The molecule has 0 N–H and O–H groups in total. The molecule has 110 valence electrons. The standard InChI is InChI=1S/C19H16O3/c1-14-12-17(13-18(20)21-14)22-19(15-8-4-2-5-9-15)16-10-6-3-7-11-16/h2-13,19H,1H3. The van der Waals surface area contributed by atoms with Gasteiger partial charge in [0, 0.05) is 6.07 Å². The molecular weight excluding hydrogens is 276 g/mol. The lowest BCUT2D eigenvalue weighted by atomic mass is 10.0. The van der Waals surface area contributed by atoms with E-state index in [4.69, 9.17) is 9.15 Å². The highest BCUT2D eigenvalue weighted by Gasteiger charge is 2.16. The van der Waals surface area contributed by atoms with Gasteiger partial charge in [0.15, 0.2) is 0 Å². The zero-order valence-electron chi connectivity index (χ0n) is 12.2. The highest BCUT2D eigenvalue weighted by atomic mass is 16.5. The van der Waals surface area contributed by atoms with Gasteiger partial charge in [-0.05, 0) is 18.1 Å². The van der Waals surface area contributed by atoms with Crippen LogP contribution in [-0.4, -0.2) is 0 Å². The predicted octanol–water partition coefficient (Wildman–Crippen LogP) is 4.12. The third-order valence-electron chi connectivity index (χ3n) is 3.33. The smallest absolute Gasteiger partial charge is 0.339 e. The van der Waals surface area contributed by atoms with Gasteiger partial charge in [0.25, 0.3) is 0 Å². The second-order valence-corrected chi connectivity index (χ2v) is 5.04. The van der Waals surface area contributed by atoms with Gasteiger partial charge >= 0.3 is 5.63 Å². The van der Waals surface area contributed by atoms with Gasteiger partial charge in [-0.3, -0.25) is 0 Å². The maximum Gasteiger partial charge on any atom is 0.339 e. The molecule has 0 radical (unpaired) electrons. The number of benzene rings is 2. The van der Waals surface area contributed by atoms with Crippen LogP contribution in [0.15, 0.2) is 82.0 Å². The van der Waals surface area contributed by atoms with Gasteiger partial charge in [-0.15, -0.1) is 0 Å². The van der Waals surface area contributed by atoms with E-state index >= 15 is 0 Å². The molecule has 0 unspecified atom stereocenters. The van der Waals surface area contributed by atoms with Crippen molar-refractivity contribution < 1.29 is 9.15 Å². The van der Waals surface area contributed by atoms with Crippen LogP contribution in [0.5, 0.6) is 5.75 Å². The van der Waals surface area contributed by atoms with Crippen LogP contribution < -0.4 is 10.4 Å². The summed E-state index contributed by atoms with van der Waals surface area (Å²) in [6.45, 7) is 1.73. The Morgan fingerprint density at radius 3 is 1.91 bits per heavy atom. The first-order valence-corrected chi connectivity index (χ1v) is 7.11. The fourth-order valence-corrected chi connectivity index (χ4v) is 2.36. The van der Waals surface area contributed by atoms with E-state index in [-0.39, 0.29) is 6.10 Å². The van der Waals surface area contributed by atoms with E-state index in [0.29, 0.717) is 11.5 Å². The van der Waals surface area contributed by atoms with E-state index in [1.54, 1.807) is 13.0 Å². The van der Waals surface area contributed by atoms with Crippen molar-refractivity contribution in [2.45, 2.75) is 13.0 Å². The predicted molar refractivity (Wildman–Crippen MR) is 85.1 cm³/mol. The number of hydrogen-bond acceptors (Lipinski definition) is 3. The van der Waals surface area contributed by atoms with Crippen molar-refractivity contribution in [1.29, 1.82) is 0 Å². The summed E-state index contributed by atoms with van der Waals surface area (Å²) in [5.74, 6) is 1.04. The first-order chi connectivity index (χ1) is 10.7. The molecule has 0 atom stereocenters. The average molecular weight is 292 g/mol. The molecule has 22 heavy (non-hydrogen) atoms. The monoisotopic (exact) mass is 292 g/mol. The molecule has 2 aromatic carbocycles. The lowest BCUT2D eigenvalue weighted by Gasteiger charge is -2.20. The van der Waals surface area contributed by atoms with Crippen LogP contribution in [0.4, 0.5) is 0 Å². The molecule has 1 heterocycles. The normalized spacial score (nSPS) is 10.6. The maximum absolute atomic E-state index is 11.5. The fourth-order valence-electron chi connectivity index (χ4n) is 2.36. The van der Waals surface area contributed by atoms with Gasteiger partial charge in [-0.25, -0.2) is 4.79 Å². The Balaban J connectivity index is 2.01. The summed E-state index contributed by atoms with van der Waals surface area (Å²) in [5.41, 5.74) is 1.65. The Morgan fingerprint density at radius 2 is 1.41 bits per heavy atom. The lowest BCUT2D eigenvalue weighted by molar-refractivity contribution is 0.243. The van der Waals surface area contributed by atoms with Crippen LogP contribution in [0.3, 0.4) is 0 Å². The minimum absolute atomic E-state index is 0.274. The number of aryl methyl sites for hydroxylation is 1. The summed E-state index contributed by atoms with van der Waals surface area (Å²) in [5, 5.41) is 0. The lowest BCUT2D eigenvalue weighted by Crippen LogP contribution is -2.11. The molecule has 3 heteroatoms. The third kappa shape index (κ3) is 3.26. The van der Waals surface area contributed by atoms with Crippen LogP contribution in [0.1, 0.15) is 23.0 Å². The van der Waals surface area contributed by atoms with E-state index in [2.05, 4.69) is 0 Å². The van der Waals surface area contributed by atoms with Crippen LogP contribution >= 0.6 is 0 Å². The van der Waals surface area contributed by atoms with Crippen molar-refractivity contribution in [3.8, 4) is 5.75 Å². The first-order valence-electron chi connectivity index (χ1n) is 7.11. The summed E-state index contributed by atoms with van der Waals surface area (Å²) in [6.07, 6.45) is -0.274. The van der Waals surface area contributed by atoms with Gasteiger partial charge in [0.1, 0.15) is 17.6 Å². The number of rotatable bonds is 4. The van der Waals surface area contributed by atoms with Crippen molar-refractivity contribution >= 4 is 0 Å². The Kier molecular flexibility index (Phi) is 4.05. The molecule has 0 spiro atoms. The zero-order valence-corrected chi connectivity index (χ0v) is 12.2. The van der Waals surface area contributed by atoms with Crippen molar-refractivity contribution in [3.63, 3.8) is 0 Å². The second kappa shape index (κ2) is 6.31. The van der Waals surface area contributed by atoms with E-state index < -0.39 is 5.63 Å². The molecule has 0 saturated heterocycles. The Labute approximate surface area is 128 Å². The zero-order chi connectivity index (χ0) is 15.4. The van der Waals surface area contributed by atoms with E-state index in [9.17, 15) is 4.79 Å². The fraction of sp³-hybridized carbons (Fsp3) is 0.105. The van der Waals surface area contributed by atoms with E-state index in [1.807, 2.05) is 60.7 Å². The average Bonchev–Trinajstić information content (AvgIpc) is 2.53. The summed E-state index contributed by atoms with van der Waals surface area (Å²) >= 11 is 0. The molecule has 0 aliphatic carbocycles. The molecule has 0 amide bonds. The summed E-state index contributed by atoms with van der Waals surface area (Å²) < 4.78 is 11.1. The van der Waals surface area contributed by atoms with Crippen molar-refractivity contribution in [2.24, 2.45) is 0 Å². The Morgan fingerprint density at radius 1 is 0.864 bits per heavy atom.